The Morgan fingerprint density at radius 3 is 2.52 bits per heavy atom. The van der Waals surface area contributed by atoms with E-state index in [1.54, 1.807) is 0 Å². The van der Waals surface area contributed by atoms with E-state index in [1.807, 2.05) is 11.4 Å². The molecule has 6 heteroatoms. The Kier molecular flexibility index (Phi) is 3.91. The molecule has 1 aromatic carbocycles. The van der Waals surface area contributed by atoms with Gasteiger partial charge in [-0.05, 0) is 19.9 Å². The van der Waals surface area contributed by atoms with Gasteiger partial charge in [0.1, 0.15) is 5.82 Å². The lowest BCUT2D eigenvalue weighted by molar-refractivity contribution is -0.169. The van der Waals surface area contributed by atoms with Crippen LogP contribution >= 0.6 is 0 Å². The fourth-order valence-electron chi connectivity index (χ4n) is 4.11. The zero-order chi connectivity index (χ0) is 18.4. The second-order valence-electron chi connectivity index (χ2n) is 7.52. The van der Waals surface area contributed by atoms with Crippen LogP contribution in [0.5, 0.6) is 0 Å². The predicted octanol–water partition coefficient (Wildman–Crippen LogP) is 3.36. The van der Waals surface area contributed by atoms with Gasteiger partial charge in [-0.3, -0.25) is 0 Å². The number of aryl methyl sites for hydroxylation is 2. The molecule has 27 heavy (non-hydrogen) atoms. The van der Waals surface area contributed by atoms with Crippen LogP contribution in [0, 0.1) is 13.8 Å². The Balaban J connectivity index is 1.51. The maximum atomic E-state index is 5.87. The minimum absolute atomic E-state index is 0.367. The summed E-state index contributed by atoms with van der Waals surface area (Å²) in [6.07, 6.45) is 1.75. The van der Waals surface area contributed by atoms with E-state index in [0.29, 0.717) is 13.2 Å². The first-order valence-electron chi connectivity index (χ1n) is 9.59. The van der Waals surface area contributed by atoms with Gasteiger partial charge in [-0.25, -0.2) is 4.98 Å². The van der Waals surface area contributed by atoms with Gasteiger partial charge in [0, 0.05) is 49.3 Å². The number of benzene rings is 1. The molecule has 140 valence electrons. The van der Waals surface area contributed by atoms with Crippen LogP contribution in [0.15, 0.2) is 36.4 Å². The summed E-state index contributed by atoms with van der Waals surface area (Å²) in [6, 6.07) is 12.6. The summed E-state index contributed by atoms with van der Waals surface area (Å²) >= 11 is 0. The molecule has 5 rings (SSSR count). The average Bonchev–Trinajstić information content (AvgIpc) is 3.29. The van der Waals surface area contributed by atoms with Crippen molar-refractivity contribution in [1.82, 2.24) is 14.6 Å². The van der Waals surface area contributed by atoms with Crippen molar-refractivity contribution in [2.75, 3.05) is 31.2 Å². The second-order valence-corrected chi connectivity index (χ2v) is 7.52. The molecule has 2 fully saturated rings. The largest absolute Gasteiger partial charge is 0.356 e. The zero-order valence-corrected chi connectivity index (χ0v) is 15.8. The van der Waals surface area contributed by atoms with E-state index in [1.165, 1.54) is 5.56 Å². The Morgan fingerprint density at radius 2 is 1.78 bits per heavy atom. The molecule has 3 aromatic rings. The van der Waals surface area contributed by atoms with Gasteiger partial charge in [-0.15, -0.1) is 0 Å². The van der Waals surface area contributed by atoms with E-state index in [0.717, 1.165) is 54.3 Å². The van der Waals surface area contributed by atoms with E-state index in [-0.39, 0.29) is 5.79 Å². The van der Waals surface area contributed by atoms with Gasteiger partial charge in [0.15, 0.2) is 11.4 Å². The second kappa shape index (κ2) is 6.32. The third-order valence-corrected chi connectivity index (χ3v) is 5.51. The summed E-state index contributed by atoms with van der Waals surface area (Å²) in [6.45, 7) is 7.33. The molecule has 1 spiro atoms. The average molecular weight is 364 g/mol. The number of ether oxygens (including phenoxy) is 2. The molecule has 0 bridgehead atoms. The SMILES string of the molecule is Cc1cccc(-c2cc3nc(C)cc(N4CCC5(CC4)OCCO5)n3n2)c1. The molecule has 2 saturated heterocycles. The number of rotatable bonds is 2. The Morgan fingerprint density at radius 1 is 1.00 bits per heavy atom. The van der Waals surface area contributed by atoms with Crippen LogP contribution in [0.1, 0.15) is 24.1 Å². The lowest BCUT2D eigenvalue weighted by Gasteiger charge is -2.38. The van der Waals surface area contributed by atoms with Crippen molar-refractivity contribution in [2.45, 2.75) is 32.5 Å². The number of piperidine rings is 1. The van der Waals surface area contributed by atoms with Gasteiger partial charge >= 0.3 is 0 Å². The fraction of sp³-hybridized carbons (Fsp3) is 0.429. The smallest absolute Gasteiger partial charge is 0.171 e. The summed E-state index contributed by atoms with van der Waals surface area (Å²) in [4.78, 5) is 7.06. The number of anilines is 1. The van der Waals surface area contributed by atoms with E-state index >= 15 is 0 Å². The highest BCUT2D eigenvalue weighted by atomic mass is 16.7. The third-order valence-electron chi connectivity index (χ3n) is 5.51. The topological polar surface area (TPSA) is 51.9 Å². The highest BCUT2D eigenvalue weighted by molar-refractivity contribution is 5.66. The zero-order valence-electron chi connectivity index (χ0n) is 15.8. The fourth-order valence-corrected chi connectivity index (χ4v) is 4.11. The molecule has 0 atom stereocenters. The third kappa shape index (κ3) is 2.99. The molecule has 0 radical (unpaired) electrons. The summed E-state index contributed by atoms with van der Waals surface area (Å²) in [5, 5.41) is 4.88. The molecule has 4 heterocycles. The molecule has 0 aliphatic carbocycles. The molecule has 0 saturated carbocycles. The molecule has 6 nitrogen and oxygen atoms in total. The summed E-state index contributed by atoms with van der Waals surface area (Å²) in [5.74, 6) is 0.721. The Bertz CT molecular complexity index is 981. The number of nitrogens with zero attached hydrogens (tertiary/aromatic N) is 4. The molecular formula is C21H24N4O2. The van der Waals surface area contributed by atoms with E-state index in [9.17, 15) is 0 Å². The van der Waals surface area contributed by atoms with Crippen molar-refractivity contribution in [3.63, 3.8) is 0 Å². The molecule has 2 aliphatic heterocycles. The summed E-state index contributed by atoms with van der Waals surface area (Å²) in [5.41, 5.74) is 5.19. The minimum atomic E-state index is -0.367. The molecule has 0 N–H and O–H groups in total. The predicted molar refractivity (Wildman–Crippen MR) is 104 cm³/mol. The van der Waals surface area contributed by atoms with Crippen molar-refractivity contribution in [2.24, 2.45) is 0 Å². The Labute approximate surface area is 158 Å². The summed E-state index contributed by atoms with van der Waals surface area (Å²) in [7, 11) is 0. The highest BCUT2D eigenvalue weighted by Gasteiger charge is 2.40. The Hall–Kier alpha value is -2.44. The molecule has 2 aliphatic rings. The number of aromatic nitrogens is 3. The van der Waals surface area contributed by atoms with E-state index in [4.69, 9.17) is 19.6 Å². The van der Waals surface area contributed by atoms with Gasteiger partial charge in [0.2, 0.25) is 0 Å². The van der Waals surface area contributed by atoms with Gasteiger partial charge < -0.3 is 14.4 Å². The normalized spacial score (nSPS) is 19.3. The van der Waals surface area contributed by atoms with E-state index < -0.39 is 0 Å². The first-order valence-corrected chi connectivity index (χ1v) is 9.59. The lowest BCUT2D eigenvalue weighted by atomic mass is 10.0. The molecule has 0 unspecified atom stereocenters. The number of fused-ring (bicyclic) bond motifs is 1. The van der Waals surface area contributed by atoms with Gasteiger partial charge in [0.25, 0.3) is 0 Å². The summed E-state index contributed by atoms with van der Waals surface area (Å²) < 4.78 is 13.7. The van der Waals surface area contributed by atoms with Crippen molar-refractivity contribution in [1.29, 1.82) is 0 Å². The molecular weight excluding hydrogens is 340 g/mol. The molecule has 0 amide bonds. The lowest BCUT2D eigenvalue weighted by Crippen LogP contribution is -2.45. The van der Waals surface area contributed by atoms with Crippen molar-refractivity contribution in [3.05, 3.63) is 47.7 Å². The van der Waals surface area contributed by atoms with Crippen molar-refractivity contribution >= 4 is 11.5 Å². The standard InChI is InChI=1S/C21H24N4O2/c1-15-4-3-5-17(12-15)18-14-19-22-16(2)13-20(25(19)23-18)24-8-6-21(7-9-24)26-10-11-27-21/h3-5,12-14H,6-11H2,1-2H3. The monoisotopic (exact) mass is 364 g/mol. The van der Waals surface area contributed by atoms with Crippen molar-refractivity contribution in [3.8, 4) is 11.3 Å². The van der Waals surface area contributed by atoms with Crippen LogP contribution in [-0.2, 0) is 9.47 Å². The van der Waals surface area contributed by atoms with Crippen LogP contribution in [-0.4, -0.2) is 46.7 Å². The maximum Gasteiger partial charge on any atom is 0.171 e. The first kappa shape index (κ1) is 16.7. The number of hydrogen-bond acceptors (Lipinski definition) is 5. The first-order chi connectivity index (χ1) is 13.1. The quantitative estimate of drug-likeness (QED) is 0.698. The van der Waals surface area contributed by atoms with Gasteiger partial charge in [0.05, 0.1) is 18.9 Å². The van der Waals surface area contributed by atoms with Crippen LogP contribution < -0.4 is 4.90 Å². The minimum Gasteiger partial charge on any atom is -0.356 e. The van der Waals surface area contributed by atoms with Crippen LogP contribution in [0.3, 0.4) is 0 Å². The number of hydrogen-bond donors (Lipinski definition) is 0. The molecule has 2 aromatic heterocycles. The van der Waals surface area contributed by atoms with Gasteiger partial charge in [-0.2, -0.15) is 9.61 Å². The van der Waals surface area contributed by atoms with Crippen molar-refractivity contribution < 1.29 is 9.47 Å². The van der Waals surface area contributed by atoms with Gasteiger partial charge in [-0.1, -0.05) is 23.8 Å². The van der Waals surface area contributed by atoms with Crippen LogP contribution in [0.4, 0.5) is 5.82 Å². The van der Waals surface area contributed by atoms with Crippen LogP contribution in [0.25, 0.3) is 16.9 Å². The van der Waals surface area contributed by atoms with Crippen LogP contribution in [0.2, 0.25) is 0 Å². The van der Waals surface area contributed by atoms with E-state index in [2.05, 4.69) is 48.2 Å². The maximum absolute atomic E-state index is 5.87. The highest BCUT2D eigenvalue weighted by Crippen LogP contribution is 2.33.